The number of hydrogen-bond donors (Lipinski definition) is 0. The van der Waals surface area contributed by atoms with E-state index in [9.17, 15) is 18.9 Å². The average Bonchev–Trinajstić information content (AvgIpc) is 2.29. The van der Waals surface area contributed by atoms with Gasteiger partial charge in [0.2, 0.25) is 0 Å². The molecule has 1 rings (SSSR count). The maximum absolute atomic E-state index is 12.2. The second kappa shape index (κ2) is 5.99. The molecule has 0 aliphatic carbocycles. The van der Waals surface area contributed by atoms with Crippen molar-refractivity contribution in [3.8, 4) is 0 Å². The van der Waals surface area contributed by atoms with Crippen molar-refractivity contribution in [1.29, 1.82) is 0 Å². The van der Waals surface area contributed by atoms with Gasteiger partial charge < -0.3 is 4.90 Å². The molecular weight excluding hydrogens is 218 g/mol. The van der Waals surface area contributed by atoms with Crippen molar-refractivity contribution < 1.29 is 13.7 Å². The van der Waals surface area contributed by atoms with Crippen LogP contribution >= 0.6 is 0 Å². The van der Waals surface area contributed by atoms with Gasteiger partial charge in [0.1, 0.15) is 13.3 Å². The lowest BCUT2D eigenvalue weighted by molar-refractivity contribution is -0.384. The molecule has 0 spiro atoms. The minimum absolute atomic E-state index is 0.0378. The van der Waals surface area contributed by atoms with E-state index in [2.05, 4.69) is 0 Å². The lowest BCUT2D eigenvalue weighted by Crippen LogP contribution is -2.27. The van der Waals surface area contributed by atoms with Crippen LogP contribution in [0.15, 0.2) is 24.3 Å². The number of nitrogens with zero attached hydrogens (tertiary/aromatic N) is 2. The first kappa shape index (κ1) is 12.4. The summed E-state index contributed by atoms with van der Waals surface area (Å²) in [6, 6.07) is 5.62. The maximum Gasteiger partial charge on any atom is 0.269 e. The smallest absolute Gasteiger partial charge is 0.269 e. The Morgan fingerprint density at radius 1 is 1.12 bits per heavy atom. The fourth-order valence-electron chi connectivity index (χ4n) is 1.36. The van der Waals surface area contributed by atoms with Crippen LogP contribution < -0.4 is 4.90 Å². The van der Waals surface area contributed by atoms with Crippen molar-refractivity contribution >= 4 is 11.4 Å². The van der Waals surface area contributed by atoms with Crippen LogP contribution in [0.5, 0.6) is 0 Å². The zero-order chi connectivity index (χ0) is 12.0. The number of nitro benzene ring substituents is 1. The van der Waals surface area contributed by atoms with E-state index in [1.165, 1.54) is 29.2 Å². The van der Waals surface area contributed by atoms with E-state index < -0.39 is 18.3 Å². The Labute approximate surface area is 91.6 Å². The number of rotatable bonds is 6. The normalized spacial score (nSPS) is 10.1. The molecule has 6 heteroatoms. The summed E-state index contributed by atoms with van der Waals surface area (Å²) in [5, 5.41) is 10.4. The van der Waals surface area contributed by atoms with Gasteiger partial charge in [0.05, 0.1) is 4.92 Å². The molecule has 0 saturated heterocycles. The van der Waals surface area contributed by atoms with Crippen LogP contribution in [0.3, 0.4) is 0 Å². The van der Waals surface area contributed by atoms with Gasteiger partial charge in [0, 0.05) is 30.9 Å². The van der Waals surface area contributed by atoms with Gasteiger partial charge in [-0.05, 0) is 12.1 Å². The largest absolute Gasteiger partial charge is 0.366 e. The molecule has 0 fully saturated rings. The first-order chi connectivity index (χ1) is 7.69. The zero-order valence-electron chi connectivity index (χ0n) is 8.60. The molecule has 1 aromatic carbocycles. The SMILES string of the molecule is O=[N+]([O-])c1ccc(N(CCF)CCF)cc1. The first-order valence-electron chi connectivity index (χ1n) is 4.80. The summed E-state index contributed by atoms with van der Waals surface area (Å²) in [5.41, 5.74) is 0.546. The Morgan fingerprint density at radius 3 is 2.00 bits per heavy atom. The maximum atomic E-state index is 12.2. The van der Waals surface area contributed by atoms with E-state index in [1.807, 2.05) is 0 Å². The molecule has 0 bridgehead atoms. The van der Waals surface area contributed by atoms with Crippen molar-refractivity contribution in [3.63, 3.8) is 0 Å². The second-order valence-electron chi connectivity index (χ2n) is 3.14. The molecule has 0 saturated carbocycles. The minimum Gasteiger partial charge on any atom is -0.366 e. The molecule has 0 amide bonds. The highest BCUT2D eigenvalue weighted by molar-refractivity contribution is 5.50. The first-order valence-corrected chi connectivity index (χ1v) is 4.80. The molecule has 0 radical (unpaired) electrons. The summed E-state index contributed by atoms with van der Waals surface area (Å²) in [7, 11) is 0. The van der Waals surface area contributed by atoms with E-state index in [1.54, 1.807) is 0 Å². The number of alkyl halides is 2. The topological polar surface area (TPSA) is 46.4 Å². The van der Waals surface area contributed by atoms with Crippen molar-refractivity contribution in [2.75, 3.05) is 31.3 Å². The molecule has 0 aliphatic rings. The van der Waals surface area contributed by atoms with Gasteiger partial charge >= 0.3 is 0 Å². The molecule has 0 N–H and O–H groups in total. The summed E-state index contributed by atoms with van der Waals surface area (Å²) < 4.78 is 24.4. The fourth-order valence-corrected chi connectivity index (χ4v) is 1.36. The summed E-state index contributed by atoms with van der Waals surface area (Å²) in [6.07, 6.45) is 0. The predicted octanol–water partition coefficient (Wildman–Crippen LogP) is 2.34. The number of hydrogen-bond acceptors (Lipinski definition) is 3. The van der Waals surface area contributed by atoms with Gasteiger partial charge in [-0.1, -0.05) is 0 Å². The average molecular weight is 230 g/mol. The van der Waals surface area contributed by atoms with Crippen LogP contribution in [0.25, 0.3) is 0 Å². The molecule has 1 aromatic rings. The fraction of sp³-hybridized carbons (Fsp3) is 0.400. The minimum atomic E-state index is -0.586. The van der Waals surface area contributed by atoms with Gasteiger partial charge in [-0.2, -0.15) is 0 Å². The van der Waals surface area contributed by atoms with Crippen LogP contribution in [0.1, 0.15) is 0 Å². The Bertz CT molecular complexity index is 337. The molecule has 16 heavy (non-hydrogen) atoms. The lowest BCUT2D eigenvalue weighted by Gasteiger charge is -2.21. The number of nitro groups is 1. The molecular formula is C10H12F2N2O2. The Kier molecular flexibility index (Phi) is 4.63. The van der Waals surface area contributed by atoms with Gasteiger partial charge in [0.25, 0.3) is 5.69 Å². The number of benzene rings is 1. The van der Waals surface area contributed by atoms with E-state index in [-0.39, 0.29) is 18.8 Å². The molecule has 0 aliphatic heterocycles. The third-order valence-corrected chi connectivity index (χ3v) is 2.13. The van der Waals surface area contributed by atoms with Gasteiger partial charge in [-0.25, -0.2) is 8.78 Å². The van der Waals surface area contributed by atoms with Crippen molar-refractivity contribution in [3.05, 3.63) is 34.4 Å². The summed E-state index contributed by atoms with van der Waals surface area (Å²) in [5.74, 6) is 0. The summed E-state index contributed by atoms with van der Waals surface area (Å²) in [6.45, 7) is -1.00. The van der Waals surface area contributed by atoms with E-state index in [0.717, 1.165) is 0 Å². The van der Waals surface area contributed by atoms with Crippen LogP contribution in [0.4, 0.5) is 20.2 Å². The molecule has 0 heterocycles. The molecule has 0 aromatic heterocycles. The lowest BCUT2D eigenvalue weighted by atomic mass is 10.2. The molecule has 0 unspecified atom stereocenters. The van der Waals surface area contributed by atoms with E-state index >= 15 is 0 Å². The monoisotopic (exact) mass is 230 g/mol. The Morgan fingerprint density at radius 2 is 1.62 bits per heavy atom. The number of halogens is 2. The number of non-ortho nitro benzene ring substituents is 1. The van der Waals surface area contributed by atoms with E-state index in [4.69, 9.17) is 0 Å². The molecule has 88 valence electrons. The summed E-state index contributed by atoms with van der Waals surface area (Å²) in [4.78, 5) is 11.4. The molecule has 4 nitrogen and oxygen atoms in total. The van der Waals surface area contributed by atoms with Gasteiger partial charge in [-0.15, -0.1) is 0 Å². The number of anilines is 1. The highest BCUT2D eigenvalue weighted by Crippen LogP contribution is 2.19. The quantitative estimate of drug-likeness (QED) is 0.556. The third-order valence-electron chi connectivity index (χ3n) is 2.13. The highest BCUT2D eigenvalue weighted by atomic mass is 19.1. The van der Waals surface area contributed by atoms with E-state index in [0.29, 0.717) is 5.69 Å². The zero-order valence-corrected chi connectivity index (χ0v) is 8.60. The Hall–Kier alpha value is -1.72. The van der Waals surface area contributed by atoms with Gasteiger partial charge in [0.15, 0.2) is 0 Å². The second-order valence-corrected chi connectivity index (χ2v) is 3.14. The van der Waals surface area contributed by atoms with Crippen molar-refractivity contribution in [2.24, 2.45) is 0 Å². The van der Waals surface area contributed by atoms with Crippen molar-refractivity contribution in [2.45, 2.75) is 0 Å². The summed E-state index contributed by atoms with van der Waals surface area (Å²) >= 11 is 0. The van der Waals surface area contributed by atoms with Crippen LogP contribution in [0.2, 0.25) is 0 Å². The van der Waals surface area contributed by atoms with Gasteiger partial charge in [-0.3, -0.25) is 10.1 Å². The van der Waals surface area contributed by atoms with Crippen LogP contribution in [0, 0.1) is 10.1 Å². The van der Waals surface area contributed by atoms with Crippen LogP contribution in [-0.2, 0) is 0 Å². The van der Waals surface area contributed by atoms with Crippen LogP contribution in [-0.4, -0.2) is 31.4 Å². The van der Waals surface area contributed by atoms with Crippen molar-refractivity contribution in [1.82, 2.24) is 0 Å². The Balaban J connectivity index is 2.80. The highest BCUT2D eigenvalue weighted by Gasteiger charge is 2.09. The predicted molar refractivity (Wildman–Crippen MR) is 57.3 cm³/mol. The molecule has 0 atom stereocenters. The third kappa shape index (κ3) is 3.15. The standard InChI is InChI=1S/C10H12F2N2O2/c11-5-7-13(8-6-12)9-1-3-10(4-2-9)14(15)16/h1-4H,5-8H2.